The molecule has 1 aliphatic carbocycles. The van der Waals surface area contributed by atoms with E-state index in [0.717, 1.165) is 25.7 Å². The number of pyridine rings is 1. The molecule has 25 heavy (non-hydrogen) atoms. The summed E-state index contributed by atoms with van der Waals surface area (Å²) in [6, 6.07) is 3.62. The number of hydrogen-bond acceptors (Lipinski definition) is 5. The summed E-state index contributed by atoms with van der Waals surface area (Å²) >= 11 is 0. The van der Waals surface area contributed by atoms with E-state index in [2.05, 4.69) is 15.4 Å². The topological polar surface area (TPSA) is 89.3 Å². The second kappa shape index (κ2) is 6.44. The molecular formula is C17H19FN4O3. The van der Waals surface area contributed by atoms with Crippen LogP contribution in [0.25, 0.3) is 11.3 Å². The number of anilines is 1. The lowest BCUT2D eigenvalue weighted by atomic mass is 10.1. The fourth-order valence-electron chi connectivity index (χ4n) is 3.01. The molecule has 0 spiro atoms. The molecule has 8 heteroatoms. The van der Waals surface area contributed by atoms with Gasteiger partial charge >= 0.3 is 5.97 Å². The Kier molecular flexibility index (Phi) is 4.12. The molecule has 3 heterocycles. The van der Waals surface area contributed by atoms with Crippen LogP contribution in [0.4, 0.5) is 10.2 Å². The fraction of sp³-hybridized carbons (Fsp3) is 0.471. The van der Waals surface area contributed by atoms with Gasteiger partial charge in [0.05, 0.1) is 11.6 Å². The maximum absolute atomic E-state index is 14.5. The van der Waals surface area contributed by atoms with Crippen LogP contribution in [0.1, 0.15) is 42.1 Å². The first-order valence-corrected chi connectivity index (χ1v) is 8.45. The Morgan fingerprint density at radius 3 is 2.68 bits per heavy atom. The predicted octanol–water partition coefficient (Wildman–Crippen LogP) is 2.71. The smallest absolute Gasteiger partial charge is 0.339 e. The van der Waals surface area contributed by atoms with Crippen LogP contribution in [0, 0.1) is 5.95 Å². The Balaban J connectivity index is 1.68. The molecule has 0 bridgehead atoms. The average molecular weight is 346 g/mol. The van der Waals surface area contributed by atoms with Crippen molar-refractivity contribution in [3.8, 4) is 11.3 Å². The maximum Gasteiger partial charge on any atom is 0.339 e. The minimum atomic E-state index is -1.13. The zero-order valence-electron chi connectivity index (χ0n) is 13.6. The molecule has 132 valence electrons. The van der Waals surface area contributed by atoms with Crippen LogP contribution < -0.4 is 5.32 Å². The van der Waals surface area contributed by atoms with Gasteiger partial charge in [-0.3, -0.25) is 4.68 Å². The number of carboxylic acids is 1. The van der Waals surface area contributed by atoms with Crippen LogP contribution in [-0.4, -0.2) is 45.1 Å². The minimum absolute atomic E-state index is 0.0184. The van der Waals surface area contributed by atoms with Crippen LogP contribution in [0.15, 0.2) is 18.3 Å². The molecule has 2 aromatic rings. The molecule has 0 atom stereocenters. The standard InChI is InChI=1S/C17H19FN4O3/c18-16-12(3-4-14(20-16)19-10-1-2-10)15-13(17(23)24)9-22(21-15)11-5-7-25-8-6-11/h3-4,9-11H,1-2,5-8H2,(H,19,20)(H,23,24). The summed E-state index contributed by atoms with van der Waals surface area (Å²) in [6.07, 6.45) is 5.10. The van der Waals surface area contributed by atoms with E-state index in [-0.39, 0.29) is 22.9 Å². The summed E-state index contributed by atoms with van der Waals surface area (Å²) in [5.74, 6) is -1.39. The van der Waals surface area contributed by atoms with Gasteiger partial charge in [0, 0.05) is 25.5 Å². The Morgan fingerprint density at radius 1 is 1.28 bits per heavy atom. The third-order valence-electron chi connectivity index (χ3n) is 4.56. The predicted molar refractivity (Wildman–Crippen MR) is 88.1 cm³/mol. The SMILES string of the molecule is O=C(O)c1cn(C2CCOCC2)nc1-c1ccc(NC2CC2)nc1F. The number of halogens is 1. The fourth-order valence-corrected chi connectivity index (χ4v) is 3.01. The molecule has 2 fully saturated rings. The van der Waals surface area contributed by atoms with Gasteiger partial charge in [-0.2, -0.15) is 9.49 Å². The average Bonchev–Trinajstić information content (AvgIpc) is 3.30. The van der Waals surface area contributed by atoms with Crippen molar-refractivity contribution in [3.63, 3.8) is 0 Å². The van der Waals surface area contributed by atoms with Crippen molar-refractivity contribution < 1.29 is 19.0 Å². The lowest BCUT2D eigenvalue weighted by Crippen LogP contribution is -2.20. The number of nitrogens with one attached hydrogen (secondary N) is 1. The molecule has 1 saturated carbocycles. The molecule has 2 aromatic heterocycles. The summed E-state index contributed by atoms with van der Waals surface area (Å²) < 4.78 is 21.4. The Morgan fingerprint density at radius 2 is 2.04 bits per heavy atom. The third kappa shape index (κ3) is 3.34. The van der Waals surface area contributed by atoms with Crippen molar-refractivity contribution in [2.24, 2.45) is 0 Å². The van der Waals surface area contributed by atoms with Gasteiger partial charge in [0.1, 0.15) is 17.1 Å². The van der Waals surface area contributed by atoms with Gasteiger partial charge in [-0.25, -0.2) is 9.78 Å². The number of ether oxygens (including phenoxy) is 1. The number of carbonyl (C=O) groups is 1. The van der Waals surface area contributed by atoms with E-state index in [1.165, 1.54) is 12.3 Å². The maximum atomic E-state index is 14.5. The van der Waals surface area contributed by atoms with E-state index in [1.54, 1.807) is 10.7 Å². The molecule has 1 aliphatic heterocycles. The second-order valence-electron chi connectivity index (χ2n) is 6.47. The first-order chi connectivity index (χ1) is 12.1. The van der Waals surface area contributed by atoms with Gasteiger partial charge in [-0.15, -0.1) is 0 Å². The molecule has 0 aromatic carbocycles. The molecule has 2 aliphatic rings. The minimum Gasteiger partial charge on any atom is -0.478 e. The van der Waals surface area contributed by atoms with Gasteiger partial charge in [-0.05, 0) is 37.8 Å². The number of aromatic nitrogens is 3. The van der Waals surface area contributed by atoms with Crippen LogP contribution in [0.5, 0.6) is 0 Å². The first-order valence-electron chi connectivity index (χ1n) is 8.45. The van der Waals surface area contributed by atoms with Crippen LogP contribution >= 0.6 is 0 Å². The van der Waals surface area contributed by atoms with Crippen molar-refractivity contribution in [3.05, 3.63) is 29.8 Å². The van der Waals surface area contributed by atoms with Gasteiger partial charge in [-0.1, -0.05) is 0 Å². The largest absolute Gasteiger partial charge is 0.478 e. The zero-order chi connectivity index (χ0) is 17.4. The number of aromatic carboxylic acids is 1. The lowest BCUT2D eigenvalue weighted by Gasteiger charge is -2.22. The number of rotatable bonds is 5. The van der Waals surface area contributed by atoms with Crippen LogP contribution in [-0.2, 0) is 4.74 Å². The normalized spacial score (nSPS) is 18.3. The van der Waals surface area contributed by atoms with Crippen LogP contribution in [0.2, 0.25) is 0 Å². The molecule has 1 saturated heterocycles. The summed E-state index contributed by atoms with van der Waals surface area (Å²) in [6.45, 7) is 1.22. The third-order valence-corrected chi connectivity index (χ3v) is 4.56. The molecule has 0 radical (unpaired) electrons. The number of hydrogen-bond donors (Lipinski definition) is 2. The van der Waals surface area contributed by atoms with E-state index < -0.39 is 11.9 Å². The van der Waals surface area contributed by atoms with E-state index in [0.29, 0.717) is 25.1 Å². The van der Waals surface area contributed by atoms with Gasteiger partial charge in [0.25, 0.3) is 0 Å². The van der Waals surface area contributed by atoms with E-state index >= 15 is 0 Å². The second-order valence-corrected chi connectivity index (χ2v) is 6.47. The monoisotopic (exact) mass is 346 g/mol. The zero-order valence-corrected chi connectivity index (χ0v) is 13.6. The number of carboxylic acid groups (broad SMARTS) is 1. The van der Waals surface area contributed by atoms with E-state index in [9.17, 15) is 14.3 Å². The lowest BCUT2D eigenvalue weighted by molar-refractivity contribution is 0.0660. The Labute approximate surface area is 143 Å². The number of nitrogens with zero attached hydrogens (tertiary/aromatic N) is 3. The highest BCUT2D eigenvalue weighted by molar-refractivity contribution is 5.94. The molecule has 7 nitrogen and oxygen atoms in total. The van der Waals surface area contributed by atoms with Crippen molar-refractivity contribution >= 4 is 11.8 Å². The molecular weight excluding hydrogens is 327 g/mol. The summed E-state index contributed by atoms with van der Waals surface area (Å²) in [4.78, 5) is 15.5. The van der Waals surface area contributed by atoms with Gasteiger partial charge in [0.2, 0.25) is 5.95 Å². The van der Waals surface area contributed by atoms with Crippen molar-refractivity contribution in [2.45, 2.75) is 37.8 Å². The summed E-state index contributed by atoms with van der Waals surface area (Å²) in [5.41, 5.74) is 0.196. The Hall–Kier alpha value is -2.48. The summed E-state index contributed by atoms with van der Waals surface area (Å²) in [7, 11) is 0. The van der Waals surface area contributed by atoms with Crippen molar-refractivity contribution in [1.29, 1.82) is 0 Å². The highest BCUT2D eigenvalue weighted by Gasteiger charge is 2.26. The highest BCUT2D eigenvalue weighted by Crippen LogP contribution is 2.30. The van der Waals surface area contributed by atoms with Gasteiger partial charge in [0.15, 0.2) is 0 Å². The quantitative estimate of drug-likeness (QED) is 0.809. The van der Waals surface area contributed by atoms with E-state index in [1.807, 2.05) is 0 Å². The van der Waals surface area contributed by atoms with Gasteiger partial charge < -0.3 is 15.2 Å². The molecule has 0 amide bonds. The van der Waals surface area contributed by atoms with Crippen LogP contribution in [0.3, 0.4) is 0 Å². The highest BCUT2D eigenvalue weighted by atomic mass is 19.1. The first kappa shape index (κ1) is 16.0. The molecule has 2 N–H and O–H groups in total. The van der Waals surface area contributed by atoms with Crippen molar-refractivity contribution in [1.82, 2.24) is 14.8 Å². The van der Waals surface area contributed by atoms with E-state index in [4.69, 9.17) is 4.74 Å². The molecule has 4 rings (SSSR count). The Bertz CT molecular complexity index is 797. The molecule has 0 unspecified atom stereocenters. The van der Waals surface area contributed by atoms with Crippen molar-refractivity contribution in [2.75, 3.05) is 18.5 Å². The summed E-state index contributed by atoms with van der Waals surface area (Å²) in [5, 5.41) is 17.0.